The Balaban J connectivity index is 2.31. The van der Waals surface area contributed by atoms with Gasteiger partial charge in [0.25, 0.3) is 0 Å². The van der Waals surface area contributed by atoms with E-state index in [1.807, 2.05) is 6.08 Å². The fourth-order valence-corrected chi connectivity index (χ4v) is 8.33. The van der Waals surface area contributed by atoms with Gasteiger partial charge in [-0.05, 0) is 44.9 Å². The molecule has 1 aliphatic heterocycles. The van der Waals surface area contributed by atoms with Crippen molar-refractivity contribution in [3.05, 3.63) is 24.3 Å². The van der Waals surface area contributed by atoms with E-state index in [9.17, 15) is 35.4 Å². The largest absolute Gasteiger partial charge is 0.394 e. The van der Waals surface area contributed by atoms with Crippen LogP contribution in [0.4, 0.5) is 0 Å². The predicted molar refractivity (Wildman–Crippen MR) is 255 cm³/mol. The van der Waals surface area contributed by atoms with Crippen molar-refractivity contribution in [3.63, 3.8) is 0 Å². The molecule has 8 unspecified atom stereocenters. The van der Waals surface area contributed by atoms with Gasteiger partial charge in [0.05, 0.1) is 25.4 Å². The van der Waals surface area contributed by atoms with Crippen molar-refractivity contribution in [1.82, 2.24) is 5.32 Å². The number of carbonyl (C=O) groups is 1. The quantitative estimate of drug-likeness (QED) is 0.0233. The summed E-state index contributed by atoms with van der Waals surface area (Å²) in [5.41, 5.74) is 0. The van der Waals surface area contributed by atoms with Crippen LogP contribution in [0.5, 0.6) is 0 Å². The SMILES string of the molecule is CCCCCCCCCCCCCC/C=C\CCCCCCCCCC(O)C(=O)NC(COC1OC(CO)C(O)C(O)C1O)C(O)/C=C/CCCCCCCCCCCCCC. The number of allylic oxidation sites excluding steroid dienone is 3. The number of aliphatic hydroxyl groups is 6. The molecule has 1 saturated heterocycles. The monoisotopic (exact) mass is 882 g/mol. The average Bonchev–Trinajstić information content (AvgIpc) is 3.27. The first-order valence-electron chi connectivity index (χ1n) is 26.2. The van der Waals surface area contributed by atoms with E-state index in [4.69, 9.17) is 9.47 Å². The van der Waals surface area contributed by atoms with Crippen LogP contribution in [0.15, 0.2) is 24.3 Å². The third-order valence-electron chi connectivity index (χ3n) is 12.6. The molecule has 62 heavy (non-hydrogen) atoms. The standard InChI is InChI=1S/C52H99NO9/c1-3-5-7-9-11-13-15-17-19-20-21-22-23-24-25-26-27-29-31-33-35-37-39-41-46(56)51(60)53-44(43-61-52-50(59)49(58)48(57)47(42-54)62-52)45(55)40-38-36-34-32-30-28-18-16-14-12-10-8-6-4-2/h24-25,38,40,44-50,52,54-59H,3-23,26-37,39,41-43H2,1-2H3,(H,53,60)/b25-24-,40-38+. The van der Waals surface area contributed by atoms with Crippen LogP contribution in [-0.4, -0.2) is 98.7 Å². The summed E-state index contributed by atoms with van der Waals surface area (Å²) in [6.07, 6.45) is 41.3. The molecule has 0 aromatic heterocycles. The number of hydrogen-bond acceptors (Lipinski definition) is 9. The van der Waals surface area contributed by atoms with Gasteiger partial charge in [-0.2, -0.15) is 0 Å². The second-order valence-corrected chi connectivity index (χ2v) is 18.5. The Bertz CT molecular complexity index is 1040. The summed E-state index contributed by atoms with van der Waals surface area (Å²) >= 11 is 0. The van der Waals surface area contributed by atoms with E-state index in [1.165, 1.54) is 167 Å². The van der Waals surface area contributed by atoms with Gasteiger partial charge < -0.3 is 45.4 Å². The Morgan fingerprint density at radius 3 is 1.35 bits per heavy atom. The highest BCUT2D eigenvalue weighted by Crippen LogP contribution is 2.23. The predicted octanol–water partition coefficient (Wildman–Crippen LogP) is 10.8. The summed E-state index contributed by atoms with van der Waals surface area (Å²) in [5, 5.41) is 64.8. The lowest BCUT2D eigenvalue weighted by Crippen LogP contribution is -2.60. The summed E-state index contributed by atoms with van der Waals surface area (Å²) in [6.45, 7) is 3.62. The number of nitrogens with one attached hydrogen (secondary N) is 1. The highest BCUT2D eigenvalue weighted by atomic mass is 16.7. The fraction of sp³-hybridized carbons (Fsp3) is 0.904. The van der Waals surface area contributed by atoms with Crippen molar-refractivity contribution in [3.8, 4) is 0 Å². The number of rotatable bonds is 44. The van der Waals surface area contributed by atoms with Gasteiger partial charge in [-0.3, -0.25) is 4.79 Å². The average molecular weight is 882 g/mol. The topological polar surface area (TPSA) is 169 Å². The lowest BCUT2D eigenvalue weighted by atomic mass is 9.99. The number of carbonyl (C=O) groups excluding carboxylic acids is 1. The van der Waals surface area contributed by atoms with E-state index < -0.39 is 61.5 Å². The zero-order valence-electron chi connectivity index (χ0n) is 40.0. The van der Waals surface area contributed by atoms with Gasteiger partial charge >= 0.3 is 0 Å². The maximum atomic E-state index is 13.1. The minimum atomic E-state index is -1.61. The van der Waals surface area contributed by atoms with Gasteiger partial charge in [0, 0.05) is 0 Å². The molecule has 8 atom stereocenters. The molecule has 10 nitrogen and oxygen atoms in total. The van der Waals surface area contributed by atoms with E-state index in [0.29, 0.717) is 12.8 Å². The maximum absolute atomic E-state index is 13.1. The molecule has 0 spiro atoms. The maximum Gasteiger partial charge on any atom is 0.249 e. The Labute approximate surface area is 380 Å². The molecular formula is C52H99NO9. The second-order valence-electron chi connectivity index (χ2n) is 18.5. The normalized spacial score (nSPS) is 20.9. The Hall–Kier alpha value is -1.37. The third kappa shape index (κ3) is 31.5. The fourth-order valence-electron chi connectivity index (χ4n) is 8.33. The van der Waals surface area contributed by atoms with Gasteiger partial charge in [0.1, 0.15) is 30.5 Å². The minimum Gasteiger partial charge on any atom is -0.394 e. The smallest absolute Gasteiger partial charge is 0.249 e. The third-order valence-corrected chi connectivity index (χ3v) is 12.6. The molecule has 0 aromatic carbocycles. The van der Waals surface area contributed by atoms with Crippen molar-refractivity contribution in [2.75, 3.05) is 13.2 Å². The molecule has 1 rings (SSSR count). The summed E-state index contributed by atoms with van der Waals surface area (Å²) in [5.74, 6) is -0.618. The Morgan fingerprint density at radius 2 is 0.935 bits per heavy atom. The molecule has 0 radical (unpaired) electrons. The lowest BCUT2D eigenvalue weighted by molar-refractivity contribution is -0.302. The van der Waals surface area contributed by atoms with Crippen molar-refractivity contribution < 1.29 is 44.9 Å². The van der Waals surface area contributed by atoms with Crippen LogP contribution < -0.4 is 5.32 Å². The summed E-state index contributed by atoms with van der Waals surface area (Å²) in [4.78, 5) is 13.1. The molecule has 1 fully saturated rings. The van der Waals surface area contributed by atoms with E-state index in [0.717, 1.165) is 44.9 Å². The van der Waals surface area contributed by atoms with Gasteiger partial charge in [0.15, 0.2) is 6.29 Å². The van der Waals surface area contributed by atoms with Gasteiger partial charge in [-0.15, -0.1) is 0 Å². The van der Waals surface area contributed by atoms with Crippen LogP contribution >= 0.6 is 0 Å². The zero-order valence-corrected chi connectivity index (χ0v) is 40.0. The van der Waals surface area contributed by atoms with E-state index in [1.54, 1.807) is 6.08 Å². The molecule has 1 amide bonds. The van der Waals surface area contributed by atoms with Gasteiger partial charge in [-0.1, -0.05) is 218 Å². The van der Waals surface area contributed by atoms with E-state index >= 15 is 0 Å². The van der Waals surface area contributed by atoms with E-state index in [-0.39, 0.29) is 6.61 Å². The molecule has 0 aromatic rings. The number of ether oxygens (including phenoxy) is 2. The first-order valence-corrected chi connectivity index (χ1v) is 26.2. The molecule has 7 N–H and O–H groups in total. The molecule has 1 aliphatic rings. The molecule has 1 heterocycles. The lowest BCUT2D eigenvalue weighted by Gasteiger charge is -2.40. The summed E-state index contributed by atoms with van der Waals surface area (Å²) in [6, 6.07) is -0.980. The molecule has 10 heteroatoms. The van der Waals surface area contributed by atoms with Crippen LogP contribution in [0.25, 0.3) is 0 Å². The van der Waals surface area contributed by atoms with Crippen molar-refractivity contribution in [1.29, 1.82) is 0 Å². The second kappa shape index (κ2) is 42.3. The molecule has 0 saturated carbocycles. The first-order chi connectivity index (χ1) is 30.3. The minimum absolute atomic E-state index is 0.305. The van der Waals surface area contributed by atoms with Crippen LogP contribution in [-0.2, 0) is 14.3 Å². The highest BCUT2D eigenvalue weighted by Gasteiger charge is 2.44. The van der Waals surface area contributed by atoms with Gasteiger partial charge in [-0.25, -0.2) is 0 Å². The summed E-state index contributed by atoms with van der Waals surface area (Å²) < 4.78 is 11.2. The number of aliphatic hydroxyl groups excluding tert-OH is 6. The van der Waals surface area contributed by atoms with Crippen LogP contribution in [0.3, 0.4) is 0 Å². The van der Waals surface area contributed by atoms with Crippen molar-refractivity contribution >= 4 is 5.91 Å². The molecule has 0 aliphatic carbocycles. The van der Waals surface area contributed by atoms with Gasteiger partial charge in [0.2, 0.25) is 5.91 Å². The Morgan fingerprint density at radius 1 is 0.548 bits per heavy atom. The first kappa shape index (κ1) is 58.6. The zero-order chi connectivity index (χ0) is 45.3. The number of amides is 1. The number of unbranched alkanes of at least 4 members (excludes halogenated alkanes) is 31. The summed E-state index contributed by atoms with van der Waals surface area (Å²) in [7, 11) is 0. The van der Waals surface area contributed by atoms with Crippen LogP contribution in [0.1, 0.15) is 239 Å². The van der Waals surface area contributed by atoms with Crippen molar-refractivity contribution in [2.24, 2.45) is 0 Å². The van der Waals surface area contributed by atoms with Crippen molar-refractivity contribution in [2.45, 2.75) is 288 Å². The Kier molecular flexibility index (Phi) is 40.0. The van der Waals surface area contributed by atoms with E-state index in [2.05, 4.69) is 31.3 Å². The molecule has 0 bridgehead atoms. The number of hydrogen-bond donors (Lipinski definition) is 7. The highest BCUT2D eigenvalue weighted by molar-refractivity contribution is 5.80. The molecule has 366 valence electrons. The van der Waals surface area contributed by atoms with Crippen LogP contribution in [0, 0.1) is 0 Å². The van der Waals surface area contributed by atoms with Crippen LogP contribution in [0.2, 0.25) is 0 Å². The molecular weight excluding hydrogens is 783 g/mol.